The Kier molecular flexibility index (Phi) is 5.71. The summed E-state index contributed by atoms with van der Waals surface area (Å²) in [6.07, 6.45) is 5.76. The number of carbonyl (C=O) groups excluding carboxylic acids is 1. The van der Waals surface area contributed by atoms with Crippen molar-refractivity contribution in [3.05, 3.63) is 35.9 Å². The second kappa shape index (κ2) is 7.96. The van der Waals surface area contributed by atoms with Gasteiger partial charge in [-0.1, -0.05) is 37.3 Å². The van der Waals surface area contributed by atoms with Gasteiger partial charge in [0.05, 0.1) is 0 Å². The zero-order chi connectivity index (χ0) is 16.1. The molecule has 3 nitrogen and oxygen atoms in total. The summed E-state index contributed by atoms with van der Waals surface area (Å²) in [5.41, 5.74) is 1.42. The summed E-state index contributed by atoms with van der Waals surface area (Å²) in [5, 5.41) is 0. The first kappa shape index (κ1) is 16.5. The van der Waals surface area contributed by atoms with Crippen molar-refractivity contribution < 1.29 is 4.79 Å². The van der Waals surface area contributed by atoms with Crippen LogP contribution in [-0.4, -0.2) is 48.4 Å². The summed E-state index contributed by atoms with van der Waals surface area (Å²) >= 11 is 0. The van der Waals surface area contributed by atoms with Crippen LogP contribution in [0.4, 0.5) is 0 Å². The molecule has 0 radical (unpaired) electrons. The summed E-state index contributed by atoms with van der Waals surface area (Å²) in [6.45, 7) is 7.53. The Bertz CT molecular complexity index is 488. The third-order valence-corrected chi connectivity index (χ3v) is 5.51. The first-order valence-corrected chi connectivity index (χ1v) is 9.30. The fraction of sp³-hybridized carbons (Fsp3) is 0.650. The van der Waals surface area contributed by atoms with Crippen molar-refractivity contribution in [2.45, 2.75) is 44.9 Å². The number of nitrogens with zero attached hydrogens (tertiary/aromatic N) is 2. The number of likely N-dealkylation sites (tertiary alicyclic amines) is 2. The van der Waals surface area contributed by atoms with E-state index in [0.29, 0.717) is 11.8 Å². The van der Waals surface area contributed by atoms with Crippen LogP contribution in [0.1, 0.15) is 50.5 Å². The van der Waals surface area contributed by atoms with E-state index < -0.39 is 0 Å². The SMILES string of the molecule is CC(CN1CCC(C(=O)N2CCCCC2)CC1)c1ccccc1. The molecule has 2 saturated heterocycles. The average molecular weight is 314 g/mol. The van der Waals surface area contributed by atoms with Gasteiger partial charge in [-0.25, -0.2) is 0 Å². The standard InChI is InChI=1S/C20H30N2O/c1-17(18-8-4-2-5-9-18)16-21-14-10-19(11-15-21)20(23)22-12-6-3-7-13-22/h2,4-5,8-9,17,19H,3,6-7,10-16H2,1H3. The Hall–Kier alpha value is -1.35. The largest absolute Gasteiger partial charge is 0.342 e. The number of hydrogen-bond acceptors (Lipinski definition) is 2. The topological polar surface area (TPSA) is 23.6 Å². The minimum Gasteiger partial charge on any atom is -0.342 e. The van der Waals surface area contributed by atoms with Crippen LogP contribution in [0.3, 0.4) is 0 Å². The van der Waals surface area contributed by atoms with Crippen LogP contribution in [0.15, 0.2) is 30.3 Å². The Morgan fingerprint density at radius 3 is 2.35 bits per heavy atom. The van der Waals surface area contributed by atoms with E-state index in [0.717, 1.165) is 45.6 Å². The number of piperidine rings is 2. The van der Waals surface area contributed by atoms with Crippen LogP contribution in [0, 0.1) is 5.92 Å². The lowest BCUT2D eigenvalue weighted by molar-refractivity contribution is -0.138. The number of benzene rings is 1. The molecule has 0 spiro atoms. The van der Waals surface area contributed by atoms with Crippen LogP contribution < -0.4 is 0 Å². The highest BCUT2D eigenvalue weighted by Crippen LogP contribution is 2.24. The van der Waals surface area contributed by atoms with Gasteiger partial charge in [-0.05, 0) is 56.7 Å². The molecule has 3 heteroatoms. The van der Waals surface area contributed by atoms with E-state index in [4.69, 9.17) is 0 Å². The average Bonchev–Trinajstić information content (AvgIpc) is 2.63. The molecule has 23 heavy (non-hydrogen) atoms. The molecule has 1 unspecified atom stereocenters. The molecule has 2 aliphatic heterocycles. The maximum Gasteiger partial charge on any atom is 0.225 e. The van der Waals surface area contributed by atoms with Gasteiger partial charge >= 0.3 is 0 Å². The molecule has 1 amide bonds. The summed E-state index contributed by atoms with van der Waals surface area (Å²) in [4.78, 5) is 17.3. The number of hydrogen-bond donors (Lipinski definition) is 0. The van der Waals surface area contributed by atoms with Crippen molar-refractivity contribution >= 4 is 5.91 Å². The predicted molar refractivity (Wildman–Crippen MR) is 94.5 cm³/mol. The first-order valence-electron chi connectivity index (χ1n) is 9.30. The highest BCUT2D eigenvalue weighted by Gasteiger charge is 2.29. The van der Waals surface area contributed by atoms with Crippen molar-refractivity contribution in [2.75, 3.05) is 32.7 Å². The van der Waals surface area contributed by atoms with Gasteiger partial charge < -0.3 is 9.80 Å². The van der Waals surface area contributed by atoms with E-state index in [1.807, 2.05) is 0 Å². The lowest BCUT2D eigenvalue weighted by atomic mass is 9.93. The van der Waals surface area contributed by atoms with Crippen molar-refractivity contribution in [1.29, 1.82) is 0 Å². The van der Waals surface area contributed by atoms with Gasteiger partial charge in [0.2, 0.25) is 5.91 Å². The number of carbonyl (C=O) groups is 1. The summed E-state index contributed by atoms with van der Waals surface area (Å²) in [7, 11) is 0. The predicted octanol–water partition coefficient (Wildman–Crippen LogP) is 3.51. The second-order valence-corrected chi connectivity index (χ2v) is 7.27. The Labute approximate surface area is 140 Å². The molecular formula is C20H30N2O. The number of amides is 1. The fourth-order valence-electron chi connectivity index (χ4n) is 4.01. The van der Waals surface area contributed by atoms with Crippen molar-refractivity contribution in [3.8, 4) is 0 Å². The van der Waals surface area contributed by atoms with Crippen LogP contribution in [0.5, 0.6) is 0 Å². The van der Waals surface area contributed by atoms with Gasteiger partial charge in [0.25, 0.3) is 0 Å². The minimum absolute atomic E-state index is 0.274. The lowest BCUT2D eigenvalue weighted by Gasteiger charge is -2.36. The van der Waals surface area contributed by atoms with Gasteiger partial charge in [0, 0.05) is 25.6 Å². The molecule has 126 valence electrons. The zero-order valence-corrected chi connectivity index (χ0v) is 14.4. The minimum atomic E-state index is 0.274. The molecule has 2 heterocycles. The molecule has 1 aromatic rings. The van der Waals surface area contributed by atoms with Crippen LogP contribution >= 0.6 is 0 Å². The molecule has 1 atom stereocenters. The summed E-state index contributed by atoms with van der Waals surface area (Å²) in [6, 6.07) is 10.8. The Morgan fingerprint density at radius 2 is 1.70 bits per heavy atom. The molecule has 0 saturated carbocycles. The van der Waals surface area contributed by atoms with E-state index in [2.05, 4.69) is 47.1 Å². The second-order valence-electron chi connectivity index (χ2n) is 7.27. The van der Waals surface area contributed by atoms with Gasteiger partial charge in [0.15, 0.2) is 0 Å². The van der Waals surface area contributed by atoms with Gasteiger partial charge in [-0.15, -0.1) is 0 Å². The molecule has 0 aliphatic carbocycles. The van der Waals surface area contributed by atoms with Crippen LogP contribution in [0.2, 0.25) is 0 Å². The highest BCUT2D eigenvalue weighted by atomic mass is 16.2. The van der Waals surface area contributed by atoms with Crippen molar-refractivity contribution in [1.82, 2.24) is 9.80 Å². The van der Waals surface area contributed by atoms with Gasteiger partial charge in [-0.2, -0.15) is 0 Å². The van der Waals surface area contributed by atoms with E-state index >= 15 is 0 Å². The van der Waals surface area contributed by atoms with Crippen molar-refractivity contribution in [2.24, 2.45) is 5.92 Å². The molecule has 2 aliphatic rings. The molecule has 0 aromatic heterocycles. The van der Waals surface area contributed by atoms with Crippen LogP contribution in [-0.2, 0) is 4.79 Å². The van der Waals surface area contributed by atoms with Crippen molar-refractivity contribution in [3.63, 3.8) is 0 Å². The molecule has 3 rings (SSSR count). The zero-order valence-electron chi connectivity index (χ0n) is 14.4. The fourth-order valence-corrected chi connectivity index (χ4v) is 4.01. The molecular weight excluding hydrogens is 284 g/mol. The molecule has 0 bridgehead atoms. The van der Waals surface area contributed by atoms with E-state index in [9.17, 15) is 4.79 Å². The first-order chi connectivity index (χ1) is 11.2. The quantitative estimate of drug-likeness (QED) is 0.849. The summed E-state index contributed by atoms with van der Waals surface area (Å²) in [5.74, 6) is 1.27. The highest BCUT2D eigenvalue weighted by molar-refractivity contribution is 5.79. The maximum absolute atomic E-state index is 12.6. The third-order valence-electron chi connectivity index (χ3n) is 5.51. The molecule has 0 N–H and O–H groups in total. The monoisotopic (exact) mass is 314 g/mol. The third kappa shape index (κ3) is 4.35. The maximum atomic E-state index is 12.6. The van der Waals surface area contributed by atoms with E-state index in [1.165, 1.54) is 24.8 Å². The smallest absolute Gasteiger partial charge is 0.225 e. The Morgan fingerprint density at radius 1 is 1.04 bits per heavy atom. The Balaban J connectivity index is 1.45. The van der Waals surface area contributed by atoms with Gasteiger partial charge in [0.1, 0.15) is 0 Å². The lowest BCUT2D eigenvalue weighted by Crippen LogP contribution is -2.44. The van der Waals surface area contributed by atoms with Gasteiger partial charge in [-0.3, -0.25) is 4.79 Å². The van der Waals surface area contributed by atoms with E-state index in [1.54, 1.807) is 0 Å². The molecule has 1 aromatic carbocycles. The van der Waals surface area contributed by atoms with E-state index in [-0.39, 0.29) is 5.92 Å². The summed E-state index contributed by atoms with van der Waals surface area (Å²) < 4.78 is 0. The number of rotatable bonds is 4. The molecule has 2 fully saturated rings. The normalized spacial score (nSPS) is 22.0. The van der Waals surface area contributed by atoms with Crippen LogP contribution in [0.25, 0.3) is 0 Å².